The monoisotopic (exact) mass is 244 g/mol. The van der Waals surface area contributed by atoms with Crippen LogP contribution in [0.5, 0.6) is 0 Å². The Kier molecular flexibility index (Phi) is 4.30. The van der Waals surface area contributed by atoms with Crippen molar-refractivity contribution in [3.63, 3.8) is 0 Å². The zero-order valence-corrected chi connectivity index (χ0v) is 9.96. The standard InChI is InChI=1S/C12H14ClFO2/c1-7(2)5-10(12(15)16)9-6-8(14)3-4-11(9)13/h3-4,6-7,10H,5H2,1-2H3,(H,15,16). The first-order valence-electron chi connectivity index (χ1n) is 5.09. The molecule has 0 aliphatic rings. The number of rotatable bonds is 4. The van der Waals surface area contributed by atoms with E-state index in [9.17, 15) is 9.18 Å². The minimum Gasteiger partial charge on any atom is -0.481 e. The van der Waals surface area contributed by atoms with E-state index in [0.717, 1.165) is 0 Å². The number of carboxylic acids is 1. The first kappa shape index (κ1) is 13.0. The van der Waals surface area contributed by atoms with Gasteiger partial charge in [-0.15, -0.1) is 0 Å². The van der Waals surface area contributed by atoms with Crippen molar-refractivity contribution in [2.24, 2.45) is 5.92 Å². The van der Waals surface area contributed by atoms with Crippen molar-refractivity contribution in [3.8, 4) is 0 Å². The molecule has 0 bridgehead atoms. The Morgan fingerprint density at radius 1 is 1.50 bits per heavy atom. The highest BCUT2D eigenvalue weighted by atomic mass is 35.5. The van der Waals surface area contributed by atoms with Crippen molar-refractivity contribution < 1.29 is 14.3 Å². The molecule has 4 heteroatoms. The molecular formula is C12H14ClFO2. The lowest BCUT2D eigenvalue weighted by atomic mass is 9.90. The molecule has 0 amide bonds. The molecule has 0 heterocycles. The predicted octanol–water partition coefficient (Wildman–Crippen LogP) is 3.69. The maximum Gasteiger partial charge on any atom is 0.311 e. The predicted molar refractivity (Wildman–Crippen MR) is 61.2 cm³/mol. The summed E-state index contributed by atoms with van der Waals surface area (Å²) in [7, 11) is 0. The maximum atomic E-state index is 13.1. The summed E-state index contributed by atoms with van der Waals surface area (Å²) >= 11 is 5.89. The Balaban J connectivity index is 3.10. The van der Waals surface area contributed by atoms with Gasteiger partial charge in [-0.25, -0.2) is 4.39 Å². The molecule has 0 aliphatic carbocycles. The number of hydrogen-bond donors (Lipinski definition) is 1. The van der Waals surface area contributed by atoms with E-state index in [4.69, 9.17) is 16.7 Å². The van der Waals surface area contributed by atoms with Gasteiger partial charge in [-0.1, -0.05) is 25.4 Å². The van der Waals surface area contributed by atoms with E-state index in [0.29, 0.717) is 17.0 Å². The Hall–Kier alpha value is -1.09. The fourth-order valence-corrected chi connectivity index (χ4v) is 1.86. The highest BCUT2D eigenvalue weighted by Gasteiger charge is 2.23. The molecule has 0 spiro atoms. The number of aliphatic carboxylic acids is 1. The molecule has 0 saturated carbocycles. The molecule has 1 unspecified atom stereocenters. The third-order valence-corrected chi connectivity index (χ3v) is 2.68. The Bertz CT molecular complexity index is 391. The fraction of sp³-hybridized carbons (Fsp3) is 0.417. The van der Waals surface area contributed by atoms with Crippen LogP contribution in [-0.4, -0.2) is 11.1 Å². The zero-order valence-electron chi connectivity index (χ0n) is 9.21. The lowest BCUT2D eigenvalue weighted by Gasteiger charge is -2.16. The second-order valence-corrected chi connectivity index (χ2v) is 4.59. The minimum absolute atomic E-state index is 0.209. The van der Waals surface area contributed by atoms with E-state index in [1.807, 2.05) is 13.8 Å². The Morgan fingerprint density at radius 2 is 2.12 bits per heavy atom. The van der Waals surface area contributed by atoms with Gasteiger partial charge in [0.05, 0.1) is 5.92 Å². The molecule has 2 nitrogen and oxygen atoms in total. The van der Waals surface area contributed by atoms with Crippen molar-refractivity contribution in [2.45, 2.75) is 26.2 Å². The average molecular weight is 245 g/mol. The van der Waals surface area contributed by atoms with Gasteiger partial charge in [-0.05, 0) is 36.1 Å². The number of carboxylic acid groups (broad SMARTS) is 1. The zero-order chi connectivity index (χ0) is 12.3. The van der Waals surface area contributed by atoms with Crippen LogP contribution in [0.2, 0.25) is 5.02 Å². The molecule has 0 radical (unpaired) electrons. The average Bonchev–Trinajstić information content (AvgIpc) is 2.18. The molecule has 1 rings (SSSR count). The topological polar surface area (TPSA) is 37.3 Å². The van der Waals surface area contributed by atoms with Crippen molar-refractivity contribution in [3.05, 3.63) is 34.6 Å². The van der Waals surface area contributed by atoms with Gasteiger partial charge in [-0.2, -0.15) is 0 Å². The van der Waals surface area contributed by atoms with Gasteiger partial charge in [0.25, 0.3) is 0 Å². The summed E-state index contributed by atoms with van der Waals surface area (Å²) in [6.45, 7) is 3.84. The van der Waals surface area contributed by atoms with Crippen LogP contribution in [0.4, 0.5) is 4.39 Å². The molecule has 1 atom stereocenters. The molecule has 88 valence electrons. The van der Waals surface area contributed by atoms with Gasteiger partial charge in [-0.3, -0.25) is 4.79 Å². The number of halogens is 2. The Morgan fingerprint density at radius 3 is 2.62 bits per heavy atom. The number of hydrogen-bond acceptors (Lipinski definition) is 1. The summed E-state index contributed by atoms with van der Waals surface area (Å²) in [6.07, 6.45) is 0.443. The van der Waals surface area contributed by atoms with Crippen LogP contribution in [0.3, 0.4) is 0 Å². The number of benzene rings is 1. The van der Waals surface area contributed by atoms with Gasteiger partial charge < -0.3 is 5.11 Å². The smallest absolute Gasteiger partial charge is 0.311 e. The Labute approximate surface area is 99.0 Å². The van der Waals surface area contributed by atoms with Gasteiger partial charge in [0.15, 0.2) is 0 Å². The van der Waals surface area contributed by atoms with Crippen LogP contribution < -0.4 is 0 Å². The molecule has 1 N–H and O–H groups in total. The van der Waals surface area contributed by atoms with E-state index in [-0.39, 0.29) is 5.92 Å². The SMILES string of the molecule is CC(C)CC(C(=O)O)c1cc(F)ccc1Cl. The van der Waals surface area contributed by atoms with Crippen molar-refractivity contribution in [1.82, 2.24) is 0 Å². The van der Waals surface area contributed by atoms with E-state index in [1.54, 1.807) is 0 Å². The van der Waals surface area contributed by atoms with Gasteiger partial charge in [0.1, 0.15) is 5.82 Å². The summed E-state index contributed by atoms with van der Waals surface area (Å²) in [5.41, 5.74) is 0.350. The summed E-state index contributed by atoms with van der Waals surface area (Å²) in [5.74, 6) is -1.97. The molecule has 1 aromatic carbocycles. The molecule has 0 aliphatic heterocycles. The molecule has 0 fully saturated rings. The second-order valence-electron chi connectivity index (χ2n) is 4.19. The first-order chi connectivity index (χ1) is 7.41. The molecule has 0 aromatic heterocycles. The van der Waals surface area contributed by atoms with E-state index >= 15 is 0 Å². The highest BCUT2D eigenvalue weighted by Crippen LogP contribution is 2.30. The third-order valence-electron chi connectivity index (χ3n) is 2.34. The van der Waals surface area contributed by atoms with Crippen LogP contribution in [0.1, 0.15) is 31.7 Å². The van der Waals surface area contributed by atoms with Crippen LogP contribution >= 0.6 is 11.6 Å². The van der Waals surface area contributed by atoms with Crippen LogP contribution in [0.15, 0.2) is 18.2 Å². The van der Waals surface area contributed by atoms with Crippen molar-refractivity contribution >= 4 is 17.6 Å². The van der Waals surface area contributed by atoms with E-state index in [1.165, 1.54) is 18.2 Å². The van der Waals surface area contributed by atoms with Gasteiger partial charge in [0, 0.05) is 5.02 Å². The molecular weight excluding hydrogens is 231 g/mol. The largest absolute Gasteiger partial charge is 0.481 e. The summed E-state index contributed by atoms with van der Waals surface area (Å²) in [4.78, 5) is 11.1. The molecule has 1 aromatic rings. The summed E-state index contributed by atoms with van der Waals surface area (Å²) in [5, 5.41) is 9.41. The normalized spacial score (nSPS) is 12.8. The van der Waals surface area contributed by atoms with E-state index in [2.05, 4.69) is 0 Å². The molecule has 0 saturated heterocycles. The van der Waals surface area contributed by atoms with E-state index < -0.39 is 17.7 Å². The minimum atomic E-state index is -0.971. The maximum absolute atomic E-state index is 13.1. The lowest BCUT2D eigenvalue weighted by molar-refractivity contribution is -0.139. The van der Waals surface area contributed by atoms with Crippen molar-refractivity contribution in [2.75, 3.05) is 0 Å². The van der Waals surface area contributed by atoms with Gasteiger partial charge in [0.2, 0.25) is 0 Å². The quantitative estimate of drug-likeness (QED) is 0.877. The van der Waals surface area contributed by atoms with Crippen molar-refractivity contribution in [1.29, 1.82) is 0 Å². The molecule has 16 heavy (non-hydrogen) atoms. The fourth-order valence-electron chi connectivity index (χ4n) is 1.61. The summed E-state index contributed by atoms with van der Waals surface area (Å²) < 4.78 is 13.1. The van der Waals surface area contributed by atoms with Gasteiger partial charge >= 0.3 is 5.97 Å². The summed E-state index contributed by atoms with van der Waals surface area (Å²) in [6, 6.07) is 3.81. The first-order valence-corrected chi connectivity index (χ1v) is 5.47. The second kappa shape index (κ2) is 5.30. The van der Waals surface area contributed by atoms with Crippen LogP contribution in [0, 0.1) is 11.7 Å². The highest BCUT2D eigenvalue weighted by molar-refractivity contribution is 6.31. The lowest BCUT2D eigenvalue weighted by Crippen LogP contribution is -2.14. The third kappa shape index (κ3) is 3.20. The van der Waals surface area contributed by atoms with Crippen LogP contribution in [-0.2, 0) is 4.79 Å². The van der Waals surface area contributed by atoms with Crippen LogP contribution in [0.25, 0.3) is 0 Å². The number of carbonyl (C=O) groups is 1.